The molecule has 1 aromatic rings. The van der Waals surface area contributed by atoms with E-state index in [1.165, 1.54) is 35.0 Å². The topological polar surface area (TPSA) is 15.3 Å². The lowest BCUT2D eigenvalue weighted by atomic mass is 10.1. The van der Waals surface area contributed by atoms with E-state index in [-0.39, 0.29) is 0 Å². The third-order valence-electron chi connectivity index (χ3n) is 3.68. The zero-order chi connectivity index (χ0) is 15.0. The van der Waals surface area contributed by atoms with Crippen molar-refractivity contribution in [1.29, 1.82) is 0 Å². The Morgan fingerprint density at radius 1 is 1.20 bits per heavy atom. The molecule has 1 rings (SSSR count). The molecule has 0 heterocycles. The number of hydrogen-bond donors (Lipinski definition) is 1. The molecule has 0 aliphatic carbocycles. The summed E-state index contributed by atoms with van der Waals surface area (Å²) in [6, 6.07) is 7.17. The number of hydrogen-bond acceptors (Lipinski definition) is 2. The molecule has 0 aromatic heterocycles. The predicted molar refractivity (Wildman–Crippen MR) is 93.6 cm³/mol. The molecule has 1 aromatic carbocycles. The summed E-state index contributed by atoms with van der Waals surface area (Å²) >= 11 is 3.75. The molecule has 0 fully saturated rings. The van der Waals surface area contributed by atoms with Gasteiger partial charge in [-0.1, -0.05) is 26.3 Å². The Morgan fingerprint density at radius 2 is 1.95 bits per heavy atom. The Hall–Kier alpha value is -0.540. The highest BCUT2D eigenvalue weighted by Gasteiger charge is 2.11. The predicted octanol–water partition coefficient (Wildman–Crippen LogP) is 5.14. The maximum absolute atomic E-state index is 3.75. The molecule has 3 heteroatoms. The van der Waals surface area contributed by atoms with Gasteiger partial charge in [-0.15, -0.1) is 0 Å². The van der Waals surface area contributed by atoms with Crippen LogP contribution in [0.2, 0.25) is 0 Å². The lowest BCUT2D eigenvalue weighted by Crippen LogP contribution is -2.24. The van der Waals surface area contributed by atoms with Crippen molar-refractivity contribution in [3.8, 4) is 0 Å². The van der Waals surface area contributed by atoms with Gasteiger partial charge in [-0.2, -0.15) is 0 Å². The molecule has 0 aliphatic rings. The van der Waals surface area contributed by atoms with Gasteiger partial charge in [0.15, 0.2) is 0 Å². The molecule has 114 valence electrons. The van der Waals surface area contributed by atoms with Crippen LogP contribution in [0, 0.1) is 0 Å². The van der Waals surface area contributed by atoms with E-state index in [4.69, 9.17) is 0 Å². The van der Waals surface area contributed by atoms with Gasteiger partial charge < -0.3 is 10.2 Å². The van der Waals surface area contributed by atoms with Crippen molar-refractivity contribution in [2.75, 3.05) is 24.5 Å². The highest BCUT2D eigenvalue weighted by atomic mass is 79.9. The van der Waals surface area contributed by atoms with E-state index in [9.17, 15) is 0 Å². The molecule has 0 bridgehead atoms. The number of rotatable bonds is 9. The van der Waals surface area contributed by atoms with E-state index < -0.39 is 0 Å². The second-order valence-corrected chi connectivity index (χ2v) is 6.17. The molecule has 2 nitrogen and oxygen atoms in total. The first-order chi connectivity index (χ1) is 9.63. The van der Waals surface area contributed by atoms with Crippen molar-refractivity contribution >= 4 is 21.6 Å². The number of nitrogens with zero attached hydrogens (tertiary/aromatic N) is 1. The van der Waals surface area contributed by atoms with Crippen LogP contribution in [0.5, 0.6) is 0 Å². The first-order valence-corrected chi connectivity index (χ1v) is 8.71. The van der Waals surface area contributed by atoms with Crippen LogP contribution >= 0.6 is 15.9 Å². The van der Waals surface area contributed by atoms with E-state index in [0.29, 0.717) is 6.04 Å². The van der Waals surface area contributed by atoms with Gasteiger partial charge in [0.2, 0.25) is 0 Å². The fraction of sp³-hybridized carbons (Fsp3) is 0.647. The molecule has 1 atom stereocenters. The van der Waals surface area contributed by atoms with E-state index in [1.807, 2.05) is 0 Å². The molecule has 0 saturated heterocycles. The monoisotopic (exact) mass is 340 g/mol. The van der Waals surface area contributed by atoms with E-state index in [2.05, 4.69) is 72.0 Å². The first-order valence-electron chi connectivity index (χ1n) is 7.91. The van der Waals surface area contributed by atoms with Crippen LogP contribution in [-0.2, 0) is 0 Å². The van der Waals surface area contributed by atoms with Gasteiger partial charge in [0.1, 0.15) is 0 Å². The molecular formula is C17H29BrN2. The molecule has 0 radical (unpaired) electrons. The van der Waals surface area contributed by atoms with Gasteiger partial charge >= 0.3 is 0 Å². The fourth-order valence-electron chi connectivity index (χ4n) is 2.33. The van der Waals surface area contributed by atoms with Crippen LogP contribution in [0.25, 0.3) is 0 Å². The van der Waals surface area contributed by atoms with Crippen LogP contribution in [-0.4, -0.2) is 19.6 Å². The molecule has 20 heavy (non-hydrogen) atoms. The van der Waals surface area contributed by atoms with Gasteiger partial charge in [-0.3, -0.25) is 0 Å². The molecule has 0 amide bonds. The van der Waals surface area contributed by atoms with Crippen molar-refractivity contribution in [2.45, 2.75) is 53.0 Å². The summed E-state index contributed by atoms with van der Waals surface area (Å²) in [6.45, 7) is 12.2. The minimum Gasteiger partial charge on any atom is -0.371 e. The quantitative estimate of drug-likeness (QED) is 0.669. The Kier molecular flexibility index (Phi) is 8.24. The Morgan fingerprint density at radius 3 is 2.50 bits per heavy atom. The molecular weight excluding hydrogens is 312 g/mol. The van der Waals surface area contributed by atoms with E-state index >= 15 is 0 Å². The van der Waals surface area contributed by atoms with Gasteiger partial charge in [0, 0.05) is 23.6 Å². The van der Waals surface area contributed by atoms with Gasteiger partial charge in [0.05, 0.1) is 5.69 Å². The van der Waals surface area contributed by atoms with Crippen LogP contribution in [0.4, 0.5) is 5.69 Å². The van der Waals surface area contributed by atoms with Gasteiger partial charge in [-0.05, 0) is 66.9 Å². The third-order valence-corrected chi connectivity index (χ3v) is 4.31. The number of unbranched alkanes of at least 4 members (excludes halogenated alkanes) is 1. The first kappa shape index (κ1) is 17.5. The van der Waals surface area contributed by atoms with Crippen molar-refractivity contribution < 1.29 is 0 Å². The molecule has 1 unspecified atom stereocenters. The normalized spacial score (nSPS) is 12.4. The average molecular weight is 341 g/mol. The van der Waals surface area contributed by atoms with E-state index in [0.717, 1.165) is 19.6 Å². The zero-order valence-corrected chi connectivity index (χ0v) is 15.0. The zero-order valence-electron chi connectivity index (χ0n) is 13.4. The van der Waals surface area contributed by atoms with Crippen molar-refractivity contribution in [1.82, 2.24) is 5.32 Å². The standard InChI is InChI=1S/C17H29BrN2/c1-5-8-12-20(7-3)17-10-9-15(13-16(17)18)14(4)19-11-6-2/h9-10,13-14,19H,5-8,11-12H2,1-4H3. The summed E-state index contributed by atoms with van der Waals surface area (Å²) in [6.07, 6.45) is 3.66. The highest BCUT2D eigenvalue weighted by molar-refractivity contribution is 9.10. The van der Waals surface area contributed by atoms with Crippen molar-refractivity contribution in [2.24, 2.45) is 0 Å². The van der Waals surface area contributed by atoms with Crippen LogP contribution in [0.1, 0.15) is 58.6 Å². The minimum absolute atomic E-state index is 0.408. The summed E-state index contributed by atoms with van der Waals surface area (Å²) in [5.41, 5.74) is 2.66. The fourth-order valence-corrected chi connectivity index (χ4v) is 2.97. The van der Waals surface area contributed by atoms with Crippen LogP contribution in [0.3, 0.4) is 0 Å². The second kappa shape index (κ2) is 9.41. The van der Waals surface area contributed by atoms with Crippen LogP contribution < -0.4 is 10.2 Å². The number of halogens is 1. The maximum Gasteiger partial charge on any atom is 0.0510 e. The maximum atomic E-state index is 3.75. The molecule has 0 saturated carbocycles. The van der Waals surface area contributed by atoms with Gasteiger partial charge in [0.25, 0.3) is 0 Å². The summed E-state index contributed by atoms with van der Waals surface area (Å²) in [5.74, 6) is 0. The Bertz CT molecular complexity index is 393. The Balaban J connectivity index is 2.80. The number of nitrogens with one attached hydrogen (secondary N) is 1. The molecule has 0 aliphatic heterocycles. The largest absolute Gasteiger partial charge is 0.371 e. The summed E-state index contributed by atoms with van der Waals surface area (Å²) in [5, 5.41) is 3.54. The second-order valence-electron chi connectivity index (χ2n) is 5.32. The summed E-state index contributed by atoms with van der Waals surface area (Å²) < 4.78 is 1.21. The van der Waals surface area contributed by atoms with Crippen LogP contribution in [0.15, 0.2) is 22.7 Å². The summed E-state index contributed by atoms with van der Waals surface area (Å²) in [7, 11) is 0. The third kappa shape index (κ3) is 5.10. The molecule has 0 spiro atoms. The minimum atomic E-state index is 0.408. The lowest BCUT2D eigenvalue weighted by Gasteiger charge is -2.25. The Labute approximate surface area is 133 Å². The smallest absolute Gasteiger partial charge is 0.0510 e. The van der Waals surface area contributed by atoms with Crippen molar-refractivity contribution in [3.63, 3.8) is 0 Å². The number of benzene rings is 1. The number of anilines is 1. The SMILES string of the molecule is CCCCN(CC)c1ccc(C(C)NCCC)cc1Br. The lowest BCUT2D eigenvalue weighted by molar-refractivity contribution is 0.570. The highest BCUT2D eigenvalue weighted by Crippen LogP contribution is 2.29. The average Bonchev–Trinajstić information content (AvgIpc) is 2.46. The molecule has 1 N–H and O–H groups in total. The van der Waals surface area contributed by atoms with Crippen molar-refractivity contribution in [3.05, 3.63) is 28.2 Å². The van der Waals surface area contributed by atoms with Gasteiger partial charge in [-0.25, -0.2) is 0 Å². The van der Waals surface area contributed by atoms with E-state index in [1.54, 1.807) is 0 Å². The summed E-state index contributed by atoms with van der Waals surface area (Å²) in [4.78, 5) is 2.45.